The molecule has 2 aromatic rings. The number of ketones is 1. The number of carbonyl (C=O) groups is 4. The van der Waals surface area contributed by atoms with Crippen molar-refractivity contribution in [3.8, 4) is 0 Å². The van der Waals surface area contributed by atoms with Crippen molar-refractivity contribution in [3.63, 3.8) is 0 Å². The summed E-state index contributed by atoms with van der Waals surface area (Å²) >= 11 is 0. The highest BCUT2D eigenvalue weighted by Gasteiger charge is 2.14. The number of rotatable bonds is 15. The first kappa shape index (κ1) is 32.1. The van der Waals surface area contributed by atoms with Gasteiger partial charge in [-0.2, -0.15) is 0 Å². The summed E-state index contributed by atoms with van der Waals surface area (Å²) in [6.07, 6.45) is 1.47. The van der Waals surface area contributed by atoms with Gasteiger partial charge in [0.1, 0.15) is 19.0 Å². The molecule has 38 heavy (non-hydrogen) atoms. The Labute approximate surface area is 221 Å². The molecule has 0 radical (unpaired) electrons. The number of carboxylic acids is 1. The van der Waals surface area contributed by atoms with Gasteiger partial charge >= 0.3 is 5.97 Å². The monoisotopic (exact) mass is 552 g/mol. The van der Waals surface area contributed by atoms with Crippen LogP contribution in [0, 0.1) is 0 Å². The van der Waals surface area contributed by atoms with Crippen LogP contribution in [0.15, 0.2) is 53.6 Å². The van der Waals surface area contributed by atoms with Gasteiger partial charge in [0.05, 0.1) is 23.7 Å². The van der Waals surface area contributed by atoms with E-state index in [1.54, 1.807) is 25.1 Å². The first-order valence-corrected chi connectivity index (χ1v) is 13.0. The minimum Gasteiger partial charge on any atom is -0.481 e. The lowest BCUT2D eigenvalue weighted by atomic mass is 10.2. The number of nitrogens with one attached hydrogen (secondary N) is 3. The molecular formula is C24H32N4O9S. The summed E-state index contributed by atoms with van der Waals surface area (Å²) in [5.74, 6) is -1.52. The van der Waals surface area contributed by atoms with E-state index in [9.17, 15) is 27.6 Å². The second-order valence-electron chi connectivity index (χ2n) is 7.51. The molecule has 208 valence electrons. The Balaban J connectivity index is 0.00000132. The highest BCUT2D eigenvalue weighted by atomic mass is 32.2. The van der Waals surface area contributed by atoms with Crippen LogP contribution in [-0.2, 0) is 33.9 Å². The molecule has 0 fully saturated rings. The smallest absolute Gasteiger partial charge is 0.303 e. The quantitative estimate of drug-likeness (QED) is 0.230. The van der Waals surface area contributed by atoms with Gasteiger partial charge in [-0.3, -0.25) is 23.9 Å². The molecule has 0 bridgehead atoms. The minimum atomic E-state index is -3.77. The molecule has 0 saturated carbocycles. The average molecular weight is 553 g/mol. The van der Waals surface area contributed by atoms with Gasteiger partial charge in [0.15, 0.2) is 5.78 Å². The summed E-state index contributed by atoms with van der Waals surface area (Å²) in [7, 11) is -3.77. The third-order valence-corrected chi connectivity index (χ3v) is 5.63. The number of sulfonamides is 1. The van der Waals surface area contributed by atoms with Crippen molar-refractivity contribution in [2.24, 2.45) is 0 Å². The first-order valence-electron chi connectivity index (χ1n) is 11.5. The van der Waals surface area contributed by atoms with E-state index in [1.807, 2.05) is 0 Å². The van der Waals surface area contributed by atoms with Crippen LogP contribution in [0.2, 0.25) is 0 Å². The third-order valence-electron chi connectivity index (χ3n) is 4.26. The molecule has 0 aliphatic carbocycles. The SMILES string of the molecule is CC(=O)COCCNC(=O)COCCNC(=O)c1ccc(NS(=O)(=O)c2ccccc2)nc1.CCC(=O)O. The Morgan fingerprint density at radius 2 is 1.53 bits per heavy atom. The van der Waals surface area contributed by atoms with Crippen LogP contribution in [0.1, 0.15) is 30.6 Å². The van der Waals surface area contributed by atoms with Gasteiger partial charge in [-0.05, 0) is 31.2 Å². The van der Waals surface area contributed by atoms with Gasteiger partial charge in [-0.25, -0.2) is 13.4 Å². The number of anilines is 1. The molecule has 0 atom stereocenters. The van der Waals surface area contributed by atoms with Gasteiger partial charge in [-0.1, -0.05) is 25.1 Å². The van der Waals surface area contributed by atoms with Gasteiger partial charge < -0.3 is 25.2 Å². The standard InChI is InChI=1S/C21H26N4O7S.C3H6O2/c1-16(26)14-31-11-9-22-20(27)15-32-12-10-23-21(28)17-7-8-19(24-13-17)25-33(29,30)18-5-3-2-4-6-18;1-2-3(4)5/h2-8,13H,9-12,14-15H2,1H3,(H,22,27)(H,23,28)(H,24,25);2H2,1H3,(H,4,5). The number of aliphatic carboxylic acids is 1. The molecule has 14 heteroatoms. The van der Waals surface area contributed by atoms with Crippen LogP contribution in [0.5, 0.6) is 0 Å². The second kappa shape index (κ2) is 17.6. The molecule has 0 unspecified atom stereocenters. The van der Waals surface area contributed by atoms with Crippen LogP contribution in [0.3, 0.4) is 0 Å². The van der Waals surface area contributed by atoms with Crippen LogP contribution in [0.4, 0.5) is 5.82 Å². The number of aromatic nitrogens is 1. The van der Waals surface area contributed by atoms with Crippen molar-refractivity contribution in [3.05, 3.63) is 54.2 Å². The normalized spacial score (nSPS) is 10.5. The maximum atomic E-state index is 12.3. The Bertz CT molecular complexity index is 1140. The summed E-state index contributed by atoms with van der Waals surface area (Å²) in [5.41, 5.74) is 0.237. The van der Waals surface area contributed by atoms with Crippen molar-refractivity contribution in [2.75, 3.05) is 44.2 Å². The van der Waals surface area contributed by atoms with Crippen molar-refractivity contribution >= 4 is 39.4 Å². The number of hydrogen-bond acceptors (Lipinski definition) is 9. The molecule has 4 N–H and O–H groups in total. The number of amides is 2. The molecule has 0 spiro atoms. The van der Waals surface area contributed by atoms with E-state index in [2.05, 4.69) is 20.3 Å². The largest absolute Gasteiger partial charge is 0.481 e. The van der Waals surface area contributed by atoms with Crippen molar-refractivity contribution < 1.29 is 42.2 Å². The zero-order chi connectivity index (χ0) is 28.4. The number of pyridine rings is 1. The Morgan fingerprint density at radius 1 is 0.921 bits per heavy atom. The van der Waals surface area contributed by atoms with E-state index >= 15 is 0 Å². The van der Waals surface area contributed by atoms with Crippen LogP contribution in [-0.4, -0.2) is 81.6 Å². The fourth-order valence-electron chi connectivity index (χ4n) is 2.42. The van der Waals surface area contributed by atoms with E-state index in [4.69, 9.17) is 14.6 Å². The first-order chi connectivity index (χ1) is 18.0. The van der Waals surface area contributed by atoms with Crippen LogP contribution < -0.4 is 15.4 Å². The number of carboxylic acid groups (broad SMARTS) is 1. The Kier molecular flexibility index (Phi) is 14.9. The number of ether oxygens (including phenoxy) is 2. The van der Waals surface area contributed by atoms with E-state index < -0.39 is 21.9 Å². The van der Waals surface area contributed by atoms with Crippen LogP contribution in [0.25, 0.3) is 0 Å². The number of Topliss-reactive ketones (excluding diaryl/α,β-unsaturated/α-hetero) is 1. The summed E-state index contributed by atoms with van der Waals surface area (Å²) in [6.45, 7) is 3.60. The molecule has 0 aliphatic rings. The predicted molar refractivity (Wildman–Crippen MR) is 137 cm³/mol. The summed E-state index contributed by atoms with van der Waals surface area (Å²) in [5, 5.41) is 12.9. The highest BCUT2D eigenvalue weighted by molar-refractivity contribution is 7.92. The molecular weight excluding hydrogens is 520 g/mol. The van der Waals surface area contributed by atoms with Gasteiger partial charge in [0.2, 0.25) is 5.91 Å². The minimum absolute atomic E-state index is 0.00755. The maximum absolute atomic E-state index is 12.3. The number of carbonyl (C=O) groups excluding carboxylic acids is 3. The van der Waals surface area contributed by atoms with Crippen molar-refractivity contribution in [2.45, 2.75) is 25.2 Å². The molecule has 1 heterocycles. The van der Waals surface area contributed by atoms with E-state index in [0.29, 0.717) is 0 Å². The number of benzene rings is 1. The fraction of sp³-hybridized carbons (Fsp3) is 0.375. The predicted octanol–water partition coefficient (Wildman–Crippen LogP) is 0.832. The second-order valence-corrected chi connectivity index (χ2v) is 9.19. The lowest BCUT2D eigenvalue weighted by Crippen LogP contribution is -2.33. The molecule has 0 saturated heterocycles. The van der Waals surface area contributed by atoms with Crippen LogP contribution >= 0.6 is 0 Å². The number of nitrogens with zero attached hydrogens (tertiary/aromatic N) is 1. The molecule has 0 aliphatic heterocycles. The zero-order valence-corrected chi connectivity index (χ0v) is 22.0. The molecule has 1 aromatic carbocycles. The average Bonchev–Trinajstić information content (AvgIpc) is 2.89. The highest BCUT2D eigenvalue weighted by Crippen LogP contribution is 2.14. The zero-order valence-electron chi connectivity index (χ0n) is 21.1. The van der Waals surface area contributed by atoms with Gasteiger partial charge in [0, 0.05) is 25.7 Å². The third kappa shape index (κ3) is 14.0. The van der Waals surface area contributed by atoms with E-state index in [1.165, 1.54) is 37.4 Å². The topological polar surface area (TPSA) is 190 Å². The van der Waals surface area contributed by atoms with Gasteiger partial charge in [0.25, 0.3) is 15.9 Å². The van der Waals surface area contributed by atoms with Crippen molar-refractivity contribution in [1.29, 1.82) is 0 Å². The van der Waals surface area contributed by atoms with Crippen molar-refractivity contribution in [1.82, 2.24) is 15.6 Å². The molecule has 1 aromatic heterocycles. The fourth-order valence-corrected chi connectivity index (χ4v) is 3.45. The summed E-state index contributed by atoms with van der Waals surface area (Å²) < 4.78 is 37.1. The van der Waals surface area contributed by atoms with E-state index in [0.717, 1.165) is 0 Å². The lowest BCUT2D eigenvalue weighted by molar-refractivity contribution is -0.136. The Hall–Kier alpha value is -3.88. The summed E-state index contributed by atoms with van der Waals surface area (Å²) in [4.78, 5) is 47.9. The summed E-state index contributed by atoms with van der Waals surface area (Å²) in [6, 6.07) is 10.7. The number of hydrogen-bond donors (Lipinski definition) is 4. The molecule has 13 nitrogen and oxygen atoms in total. The Morgan fingerprint density at radius 3 is 2.08 bits per heavy atom. The van der Waals surface area contributed by atoms with E-state index in [-0.39, 0.29) is 73.9 Å². The lowest BCUT2D eigenvalue weighted by Gasteiger charge is -2.09. The molecule has 2 rings (SSSR count). The molecule has 2 amide bonds. The van der Waals surface area contributed by atoms with Gasteiger partial charge in [-0.15, -0.1) is 0 Å². The maximum Gasteiger partial charge on any atom is 0.303 e.